The lowest BCUT2D eigenvalue weighted by Gasteiger charge is -2.39. The zero-order valence-electron chi connectivity index (χ0n) is 17.3. The Morgan fingerprint density at radius 3 is 2.71 bits per heavy atom. The molecule has 0 radical (unpaired) electrons. The smallest absolute Gasteiger partial charge is 0.147 e. The second-order valence-corrected chi connectivity index (χ2v) is 8.92. The third kappa shape index (κ3) is 3.61. The van der Waals surface area contributed by atoms with Crippen LogP contribution >= 0.6 is 0 Å². The summed E-state index contributed by atoms with van der Waals surface area (Å²) in [6.07, 6.45) is 3.22. The highest BCUT2D eigenvalue weighted by Crippen LogP contribution is 2.44. The summed E-state index contributed by atoms with van der Waals surface area (Å²) in [5.41, 5.74) is 10.4. The van der Waals surface area contributed by atoms with Crippen molar-refractivity contribution in [2.24, 2.45) is 23.4 Å². The van der Waals surface area contributed by atoms with Gasteiger partial charge in [-0.15, -0.1) is 0 Å². The molecule has 28 heavy (non-hydrogen) atoms. The molecule has 4 rings (SSSR count). The van der Waals surface area contributed by atoms with Gasteiger partial charge in [0.25, 0.3) is 0 Å². The summed E-state index contributed by atoms with van der Waals surface area (Å²) >= 11 is 0. The molecule has 0 bridgehead atoms. The third-order valence-electron chi connectivity index (χ3n) is 6.72. The van der Waals surface area contributed by atoms with Crippen LogP contribution < -0.4 is 21.4 Å². The zero-order chi connectivity index (χ0) is 20.0. The van der Waals surface area contributed by atoms with E-state index < -0.39 is 0 Å². The van der Waals surface area contributed by atoms with E-state index in [9.17, 15) is 0 Å². The topological polar surface area (TPSA) is 71.0 Å². The van der Waals surface area contributed by atoms with E-state index in [0.717, 1.165) is 36.3 Å². The highest BCUT2D eigenvalue weighted by Gasteiger charge is 2.39. The third-order valence-corrected chi connectivity index (χ3v) is 6.72. The number of halogens is 1. The number of nitrogens with zero attached hydrogens (tertiary/aromatic N) is 3. The monoisotopic (exact) mass is 391 g/mol. The van der Waals surface area contributed by atoms with E-state index in [1.165, 1.54) is 18.5 Å². The first kappa shape index (κ1) is 19.9. The van der Waals surface area contributed by atoms with Gasteiger partial charge in [-0.3, -0.25) is 5.84 Å². The first-order valence-corrected chi connectivity index (χ1v) is 10.5. The molecule has 0 spiro atoms. The van der Waals surface area contributed by atoms with Crippen molar-refractivity contribution in [3.63, 3.8) is 0 Å². The van der Waals surface area contributed by atoms with Gasteiger partial charge in [-0.2, -0.15) is 0 Å². The molecule has 1 saturated carbocycles. The fourth-order valence-electron chi connectivity index (χ4n) is 5.15. The van der Waals surface area contributed by atoms with E-state index >= 15 is 4.39 Å². The number of anilines is 2. The second-order valence-electron chi connectivity index (χ2n) is 8.92. The molecule has 1 saturated heterocycles. The highest BCUT2D eigenvalue weighted by molar-refractivity contribution is 5.73. The summed E-state index contributed by atoms with van der Waals surface area (Å²) in [7, 11) is 1.71. The van der Waals surface area contributed by atoms with Gasteiger partial charge in [-0.25, -0.2) is 9.40 Å². The number of ether oxygens (including phenoxy) is 1. The molecule has 3 atom stereocenters. The SMILES string of the molecule is COCC[C@H](N)[C@H]1CN(c2c(F)cc3c(c2C)N(C2CC2)CN(N)C3)C[C@H]1C. The predicted octanol–water partition coefficient (Wildman–Crippen LogP) is 2.19. The molecule has 2 fully saturated rings. The van der Waals surface area contributed by atoms with Crippen LogP contribution in [0.4, 0.5) is 15.8 Å². The molecule has 1 aromatic carbocycles. The van der Waals surface area contributed by atoms with Crippen LogP contribution in [0.15, 0.2) is 6.07 Å². The van der Waals surface area contributed by atoms with E-state index in [1.807, 2.05) is 0 Å². The van der Waals surface area contributed by atoms with Gasteiger partial charge in [0.15, 0.2) is 0 Å². The highest BCUT2D eigenvalue weighted by atomic mass is 19.1. The van der Waals surface area contributed by atoms with Gasteiger partial charge < -0.3 is 20.3 Å². The summed E-state index contributed by atoms with van der Waals surface area (Å²) in [5, 5.41) is 1.78. The Bertz CT molecular complexity index is 725. The van der Waals surface area contributed by atoms with Crippen molar-refractivity contribution in [1.82, 2.24) is 5.01 Å². The van der Waals surface area contributed by atoms with Gasteiger partial charge in [0.2, 0.25) is 0 Å². The lowest BCUT2D eigenvalue weighted by molar-refractivity contribution is 0.176. The average Bonchev–Trinajstić information content (AvgIpc) is 3.41. The molecule has 6 nitrogen and oxygen atoms in total. The van der Waals surface area contributed by atoms with Crippen molar-refractivity contribution in [3.05, 3.63) is 23.0 Å². The predicted molar refractivity (Wildman–Crippen MR) is 111 cm³/mol. The molecule has 2 aliphatic heterocycles. The molecule has 4 N–H and O–H groups in total. The van der Waals surface area contributed by atoms with Gasteiger partial charge in [-0.05, 0) is 55.2 Å². The van der Waals surface area contributed by atoms with E-state index in [1.54, 1.807) is 18.2 Å². The number of benzene rings is 1. The van der Waals surface area contributed by atoms with Gasteiger partial charge in [0.1, 0.15) is 5.82 Å². The fourth-order valence-corrected chi connectivity index (χ4v) is 5.15. The van der Waals surface area contributed by atoms with Crippen molar-refractivity contribution in [2.75, 3.05) is 43.3 Å². The summed E-state index contributed by atoms with van der Waals surface area (Å²) < 4.78 is 20.4. The Kier molecular flexibility index (Phi) is 5.53. The minimum Gasteiger partial charge on any atom is -0.385 e. The van der Waals surface area contributed by atoms with Crippen molar-refractivity contribution in [3.8, 4) is 0 Å². The molecule has 1 aliphatic carbocycles. The molecular formula is C21H34FN5O. The van der Waals surface area contributed by atoms with Crippen LogP contribution in [0, 0.1) is 24.6 Å². The summed E-state index contributed by atoms with van der Waals surface area (Å²) in [5.74, 6) is 6.75. The minimum atomic E-state index is -0.138. The van der Waals surface area contributed by atoms with E-state index in [2.05, 4.69) is 23.6 Å². The summed E-state index contributed by atoms with van der Waals surface area (Å²) in [6, 6.07) is 2.32. The standard InChI is InChI=1S/C21H34FN5O/c1-13-9-25(11-17(13)19(23)6-7-28-3)21-14(2)20-15(8-18(21)22)10-26(24)12-27(20)16-4-5-16/h8,13,16-17,19H,4-7,9-12,23-24H2,1-3H3/t13-,17+,19+/m1/s1. The number of nitrogens with two attached hydrogens (primary N) is 2. The van der Waals surface area contributed by atoms with Crippen molar-refractivity contribution < 1.29 is 9.13 Å². The molecule has 0 unspecified atom stereocenters. The van der Waals surface area contributed by atoms with E-state index in [0.29, 0.717) is 37.7 Å². The number of rotatable bonds is 6. The summed E-state index contributed by atoms with van der Waals surface area (Å²) in [6.45, 7) is 7.92. The van der Waals surface area contributed by atoms with Crippen LogP contribution in [0.25, 0.3) is 0 Å². The number of hydrogen-bond acceptors (Lipinski definition) is 6. The average molecular weight is 392 g/mol. The molecular weight excluding hydrogens is 357 g/mol. The molecule has 3 aliphatic rings. The lowest BCUT2D eigenvalue weighted by atomic mass is 9.89. The molecule has 0 aromatic heterocycles. The summed E-state index contributed by atoms with van der Waals surface area (Å²) in [4.78, 5) is 4.59. The van der Waals surface area contributed by atoms with Crippen LogP contribution in [-0.2, 0) is 11.3 Å². The van der Waals surface area contributed by atoms with Crippen LogP contribution in [0.1, 0.15) is 37.3 Å². The first-order valence-electron chi connectivity index (χ1n) is 10.5. The lowest BCUT2D eigenvalue weighted by Crippen LogP contribution is -2.47. The zero-order valence-corrected chi connectivity index (χ0v) is 17.3. The quantitative estimate of drug-likeness (QED) is 0.725. The Morgan fingerprint density at radius 2 is 2.04 bits per heavy atom. The Balaban J connectivity index is 1.63. The van der Waals surface area contributed by atoms with Crippen molar-refractivity contribution >= 4 is 11.4 Å². The van der Waals surface area contributed by atoms with Crippen LogP contribution in [0.3, 0.4) is 0 Å². The van der Waals surface area contributed by atoms with Crippen LogP contribution in [-0.4, -0.2) is 50.6 Å². The van der Waals surface area contributed by atoms with Gasteiger partial charge in [0.05, 0.1) is 12.4 Å². The van der Waals surface area contributed by atoms with Gasteiger partial charge in [0, 0.05) is 51.1 Å². The molecule has 156 valence electrons. The number of fused-ring (bicyclic) bond motifs is 1. The van der Waals surface area contributed by atoms with Gasteiger partial charge in [-0.1, -0.05) is 6.92 Å². The maximum absolute atomic E-state index is 15.2. The van der Waals surface area contributed by atoms with Crippen LogP contribution in [0.2, 0.25) is 0 Å². The van der Waals surface area contributed by atoms with Gasteiger partial charge >= 0.3 is 0 Å². The maximum atomic E-state index is 15.2. The minimum absolute atomic E-state index is 0.0784. The molecule has 7 heteroatoms. The second kappa shape index (κ2) is 7.78. The maximum Gasteiger partial charge on any atom is 0.147 e. The number of hydrogen-bond donors (Lipinski definition) is 2. The normalized spacial score (nSPS) is 26.6. The molecule has 1 aromatic rings. The van der Waals surface area contributed by atoms with E-state index in [-0.39, 0.29) is 11.9 Å². The van der Waals surface area contributed by atoms with E-state index in [4.69, 9.17) is 16.3 Å². The molecule has 2 heterocycles. The Hall–Kier alpha value is -1.41. The number of hydrazine groups is 1. The fraction of sp³-hybridized carbons (Fsp3) is 0.714. The van der Waals surface area contributed by atoms with Crippen LogP contribution in [0.5, 0.6) is 0 Å². The molecule has 0 amide bonds. The Labute approximate surface area is 167 Å². The van der Waals surface area contributed by atoms with Crippen molar-refractivity contribution in [2.45, 2.75) is 51.7 Å². The Morgan fingerprint density at radius 1 is 1.29 bits per heavy atom. The first-order chi connectivity index (χ1) is 13.4. The van der Waals surface area contributed by atoms with Crippen molar-refractivity contribution in [1.29, 1.82) is 0 Å². The number of methoxy groups -OCH3 is 1. The largest absolute Gasteiger partial charge is 0.385 e.